The topological polar surface area (TPSA) is 41.6 Å². The van der Waals surface area contributed by atoms with Gasteiger partial charge in [0.15, 0.2) is 0 Å². The van der Waals surface area contributed by atoms with Crippen LogP contribution < -0.4 is 15.0 Å². The average molecular weight is 331 g/mol. The Labute approximate surface area is 141 Å². The summed E-state index contributed by atoms with van der Waals surface area (Å²) in [5.74, 6) is 0.555. The third kappa shape index (κ3) is 3.13. The molecule has 1 heterocycles. The van der Waals surface area contributed by atoms with E-state index in [0.29, 0.717) is 23.0 Å². The summed E-state index contributed by atoms with van der Waals surface area (Å²) in [6, 6.07) is 11.4. The number of carbonyl (C=O) groups excluding carboxylic acids is 1. The Morgan fingerprint density at radius 2 is 2.09 bits per heavy atom. The van der Waals surface area contributed by atoms with Crippen LogP contribution in [0.5, 0.6) is 5.75 Å². The van der Waals surface area contributed by atoms with E-state index in [1.54, 1.807) is 18.1 Å². The van der Waals surface area contributed by atoms with Crippen LogP contribution in [0.3, 0.4) is 0 Å². The molecule has 0 spiro atoms. The van der Waals surface area contributed by atoms with Crippen LogP contribution in [0.1, 0.15) is 17.5 Å². The molecule has 0 bridgehead atoms. The van der Waals surface area contributed by atoms with Crippen LogP contribution in [0.2, 0.25) is 5.02 Å². The number of para-hydroxylation sites is 1. The Morgan fingerprint density at radius 1 is 1.30 bits per heavy atom. The summed E-state index contributed by atoms with van der Waals surface area (Å²) in [6.07, 6.45) is 1.96. The first-order valence-corrected chi connectivity index (χ1v) is 7.98. The summed E-state index contributed by atoms with van der Waals surface area (Å²) in [6.45, 7) is 2.60. The van der Waals surface area contributed by atoms with Crippen molar-refractivity contribution in [2.75, 3.05) is 23.9 Å². The van der Waals surface area contributed by atoms with Gasteiger partial charge in [-0.2, -0.15) is 0 Å². The zero-order chi connectivity index (χ0) is 16.4. The number of benzene rings is 2. The molecule has 1 aliphatic rings. The number of carbonyl (C=O) groups is 1. The molecule has 0 atom stereocenters. The van der Waals surface area contributed by atoms with Crippen LogP contribution in [0.15, 0.2) is 36.4 Å². The number of fused-ring (bicyclic) bond motifs is 1. The molecule has 0 aromatic heterocycles. The fourth-order valence-electron chi connectivity index (χ4n) is 2.86. The highest BCUT2D eigenvalue weighted by molar-refractivity contribution is 6.31. The van der Waals surface area contributed by atoms with E-state index in [4.69, 9.17) is 16.3 Å². The van der Waals surface area contributed by atoms with E-state index >= 15 is 0 Å². The third-order valence-corrected chi connectivity index (χ3v) is 4.48. The van der Waals surface area contributed by atoms with E-state index in [9.17, 15) is 4.79 Å². The van der Waals surface area contributed by atoms with E-state index in [2.05, 4.69) is 11.4 Å². The van der Waals surface area contributed by atoms with Crippen molar-refractivity contribution in [3.05, 3.63) is 52.5 Å². The van der Waals surface area contributed by atoms with Gasteiger partial charge < -0.3 is 10.1 Å². The molecule has 1 N–H and O–H groups in total. The lowest BCUT2D eigenvalue weighted by atomic mass is 10.0. The van der Waals surface area contributed by atoms with Gasteiger partial charge in [-0.1, -0.05) is 29.8 Å². The quantitative estimate of drug-likeness (QED) is 0.871. The normalized spacial score (nSPS) is 13.4. The first-order valence-electron chi connectivity index (χ1n) is 7.60. The Balaban J connectivity index is 1.87. The number of methoxy groups -OCH3 is 1. The van der Waals surface area contributed by atoms with E-state index in [-0.39, 0.29) is 6.03 Å². The molecule has 0 radical (unpaired) electrons. The molecule has 5 heteroatoms. The second kappa shape index (κ2) is 6.50. The van der Waals surface area contributed by atoms with Crippen molar-refractivity contribution in [3.63, 3.8) is 0 Å². The number of rotatable bonds is 2. The van der Waals surface area contributed by atoms with Gasteiger partial charge in [-0.15, -0.1) is 0 Å². The van der Waals surface area contributed by atoms with Gasteiger partial charge in [0.25, 0.3) is 0 Å². The van der Waals surface area contributed by atoms with Gasteiger partial charge in [0.1, 0.15) is 5.75 Å². The molecule has 0 fully saturated rings. The number of amides is 2. The zero-order valence-corrected chi connectivity index (χ0v) is 14.0. The van der Waals surface area contributed by atoms with Crippen molar-refractivity contribution in [2.24, 2.45) is 0 Å². The molecule has 2 amide bonds. The lowest BCUT2D eigenvalue weighted by Crippen LogP contribution is -2.38. The second-order valence-corrected chi connectivity index (χ2v) is 6.02. The summed E-state index contributed by atoms with van der Waals surface area (Å²) in [5.41, 5.74) is 3.69. The number of halogens is 1. The van der Waals surface area contributed by atoms with Gasteiger partial charge in [-0.25, -0.2) is 4.79 Å². The molecule has 1 aliphatic heterocycles. The van der Waals surface area contributed by atoms with Gasteiger partial charge in [-0.05, 0) is 43.0 Å². The third-order valence-electron chi connectivity index (χ3n) is 4.08. The number of urea groups is 1. The van der Waals surface area contributed by atoms with Gasteiger partial charge in [0, 0.05) is 23.3 Å². The molecular formula is C18H19ClN2O2. The maximum atomic E-state index is 12.7. The standard InChI is InChI=1S/C18H19ClN2O2/c1-12-10-15(17(23-2)11-14(12)19)20-18(22)21-9-5-7-13-6-3-4-8-16(13)21/h3-4,6,8,10-11H,5,7,9H2,1-2H3,(H,20,22). The predicted molar refractivity (Wildman–Crippen MR) is 93.9 cm³/mol. The lowest BCUT2D eigenvalue weighted by molar-refractivity contribution is 0.256. The zero-order valence-electron chi connectivity index (χ0n) is 13.2. The van der Waals surface area contributed by atoms with E-state index in [0.717, 1.165) is 24.1 Å². The van der Waals surface area contributed by atoms with E-state index < -0.39 is 0 Å². The van der Waals surface area contributed by atoms with Crippen LogP contribution in [0, 0.1) is 6.92 Å². The molecule has 120 valence electrons. The van der Waals surface area contributed by atoms with Crippen molar-refractivity contribution in [1.29, 1.82) is 0 Å². The second-order valence-electron chi connectivity index (χ2n) is 5.62. The number of nitrogens with zero attached hydrogens (tertiary/aromatic N) is 1. The molecule has 4 nitrogen and oxygen atoms in total. The highest BCUT2D eigenvalue weighted by atomic mass is 35.5. The molecule has 0 saturated carbocycles. The van der Waals surface area contributed by atoms with E-state index in [1.165, 1.54) is 5.56 Å². The first kappa shape index (κ1) is 15.7. The summed E-state index contributed by atoms with van der Waals surface area (Å²) in [7, 11) is 1.56. The minimum Gasteiger partial charge on any atom is -0.495 e. The lowest BCUT2D eigenvalue weighted by Gasteiger charge is -2.29. The molecular weight excluding hydrogens is 312 g/mol. The summed E-state index contributed by atoms with van der Waals surface area (Å²) >= 11 is 6.11. The van der Waals surface area contributed by atoms with Gasteiger partial charge in [0.2, 0.25) is 0 Å². The highest BCUT2D eigenvalue weighted by Crippen LogP contribution is 2.32. The van der Waals surface area contributed by atoms with Crippen molar-refractivity contribution < 1.29 is 9.53 Å². The predicted octanol–water partition coefficient (Wildman–Crippen LogP) is 4.64. The molecule has 23 heavy (non-hydrogen) atoms. The van der Waals surface area contributed by atoms with Crippen molar-refractivity contribution >= 4 is 29.0 Å². The van der Waals surface area contributed by atoms with Crippen LogP contribution in [-0.2, 0) is 6.42 Å². The molecule has 3 rings (SSSR count). The maximum absolute atomic E-state index is 12.7. The minimum absolute atomic E-state index is 0.155. The maximum Gasteiger partial charge on any atom is 0.326 e. The van der Waals surface area contributed by atoms with Crippen LogP contribution >= 0.6 is 11.6 Å². The SMILES string of the molecule is COc1cc(Cl)c(C)cc1NC(=O)N1CCCc2ccccc21. The van der Waals surface area contributed by atoms with Crippen LogP contribution in [0.4, 0.5) is 16.2 Å². The van der Waals surface area contributed by atoms with Crippen molar-refractivity contribution in [3.8, 4) is 5.75 Å². The smallest absolute Gasteiger partial charge is 0.326 e. The summed E-state index contributed by atoms with van der Waals surface area (Å²) in [5, 5.41) is 3.56. The monoisotopic (exact) mass is 330 g/mol. The van der Waals surface area contributed by atoms with Gasteiger partial charge in [0.05, 0.1) is 12.8 Å². The molecule has 0 unspecified atom stereocenters. The highest BCUT2D eigenvalue weighted by Gasteiger charge is 2.23. The number of nitrogens with one attached hydrogen (secondary N) is 1. The van der Waals surface area contributed by atoms with Crippen LogP contribution in [-0.4, -0.2) is 19.7 Å². The number of anilines is 2. The van der Waals surface area contributed by atoms with Crippen molar-refractivity contribution in [2.45, 2.75) is 19.8 Å². The average Bonchev–Trinajstić information content (AvgIpc) is 2.57. The van der Waals surface area contributed by atoms with Gasteiger partial charge >= 0.3 is 6.03 Å². The fourth-order valence-corrected chi connectivity index (χ4v) is 3.01. The van der Waals surface area contributed by atoms with Gasteiger partial charge in [-0.3, -0.25) is 4.90 Å². The van der Waals surface area contributed by atoms with Crippen LogP contribution in [0.25, 0.3) is 0 Å². The Kier molecular flexibility index (Phi) is 4.44. The summed E-state index contributed by atoms with van der Waals surface area (Å²) in [4.78, 5) is 14.5. The van der Waals surface area contributed by atoms with Crippen molar-refractivity contribution in [1.82, 2.24) is 0 Å². The molecule has 0 aliphatic carbocycles. The molecule has 2 aromatic carbocycles. The Morgan fingerprint density at radius 3 is 2.87 bits per heavy atom. The number of aryl methyl sites for hydroxylation is 2. The molecule has 2 aromatic rings. The number of hydrogen-bond acceptors (Lipinski definition) is 2. The number of hydrogen-bond donors (Lipinski definition) is 1. The first-order chi connectivity index (χ1) is 11.1. The minimum atomic E-state index is -0.155. The Hall–Kier alpha value is -2.20. The van der Waals surface area contributed by atoms with E-state index in [1.807, 2.05) is 31.2 Å². The number of ether oxygens (including phenoxy) is 1. The summed E-state index contributed by atoms with van der Waals surface area (Å²) < 4.78 is 5.32. The largest absolute Gasteiger partial charge is 0.495 e. The Bertz CT molecular complexity index is 746. The fraction of sp³-hybridized carbons (Fsp3) is 0.278. The molecule has 0 saturated heterocycles.